The highest BCUT2D eigenvalue weighted by atomic mass is 16.2. The quantitative estimate of drug-likeness (QED) is 0.402. The molecule has 2 amide bonds. The minimum atomic E-state index is -0.294. The molecule has 0 aliphatic heterocycles. The molecule has 4 rings (SSSR count). The first-order chi connectivity index (χ1) is 15.4. The molecule has 0 radical (unpaired) electrons. The van der Waals surface area contributed by atoms with Crippen molar-refractivity contribution < 1.29 is 4.79 Å². The lowest BCUT2D eigenvalue weighted by atomic mass is 10.2. The van der Waals surface area contributed by atoms with Gasteiger partial charge < -0.3 is 16.0 Å². The summed E-state index contributed by atoms with van der Waals surface area (Å²) in [6, 6.07) is 18.4. The van der Waals surface area contributed by atoms with Crippen molar-refractivity contribution in [3.05, 3.63) is 83.2 Å². The van der Waals surface area contributed by atoms with Crippen molar-refractivity contribution in [1.82, 2.24) is 20.0 Å². The second kappa shape index (κ2) is 8.89. The zero-order chi connectivity index (χ0) is 22.7. The summed E-state index contributed by atoms with van der Waals surface area (Å²) in [6.07, 6.45) is 0. The predicted molar refractivity (Wildman–Crippen MR) is 127 cm³/mol. The maximum absolute atomic E-state index is 12.2. The number of anilines is 4. The van der Waals surface area contributed by atoms with Crippen LogP contribution in [0.4, 0.5) is 27.7 Å². The average molecular weight is 428 g/mol. The number of nitrogens with one attached hydrogen (secondary N) is 3. The van der Waals surface area contributed by atoms with E-state index in [1.807, 2.05) is 88.4 Å². The topological polar surface area (TPSA) is 96.8 Å². The largest absolute Gasteiger partial charge is 0.339 e. The van der Waals surface area contributed by atoms with Crippen LogP contribution in [0.5, 0.6) is 0 Å². The van der Waals surface area contributed by atoms with Crippen LogP contribution < -0.4 is 16.0 Å². The first-order valence-electron chi connectivity index (χ1n) is 10.3. The highest BCUT2D eigenvalue weighted by Gasteiger charge is 2.10. The third kappa shape index (κ3) is 4.75. The van der Waals surface area contributed by atoms with E-state index >= 15 is 0 Å². The number of aromatic nitrogens is 4. The number of hydrogen-bond acceptors (Lipinski definition) is 5. The molecular formula is C24H25N7O. The molecule has 0 saturated heterocycles. The van der Waals surface area contributed by atoms with Crippen molar-refractivity contribution >= 4 is 28.9 Å². The maximum atomic E-state index is 12.2. The second-order valence-electron chi connectivity index (χ2n) is 7.64. The highest BCUT2D eigenvalue weighted by Crippen LogP contribution is 2.19. The van der Waals surface area contributed by atoms with E-state index in [4.69, 9.17) is 0 Å². The number of aryl methyl sites for hydroxylation is 2. The fourth-order valence-corrected chi connectivity index (χ4v) is 3.25. The number of benzene rings is 2. The number of amides is 2. The minimum Gasteiger partial charge on any atom is -0.339 e. The zero-order valence-electron chi connectivity index (χ0n) is 18.5. The minimum absolute atomic E-state index is 0.294. The molecule has 8 nitrogen and oxygen atoms in total. The van der Waals surface area contributed by atoms with Crippen LogP contribution in [0.25, 0.3) is 5.82 Å². The van der Waals surface area contributed by atoms with Crippen molar-refractivity contribution in [2.24, 2.45) is 0 Å². The maximum Gasteiger partial charge on any atom is 0.323 e. The molecule has 0 saturated carbocycles. The smallest absolute Gasteiger partial charge is 0.323 e. The van der Waals surface area contributed by atoms with Crippen LogP contribution >= 0.6 is 0 Å². The first-order valence-corrected chi connectivity index (χ1v) is 10.3. The molecule has 0 fully saturated rings. The van der Waals surface area contributed by atoms with E-state index in [0.29, 0.717) is 17.3 Å². The molecule has 3 N–H and O–H groups in total. The Labute approximate surface area is 186 Å². The van der Waals surface area contributed by atoms with E-state index in [1.54, 1.807) is 4.68 Å². The summed E-state index contributed by atoms with van der Waals surface area (Å²) in [5, 5.41) is 21.9. The SMILES string of the molecule is Cc1cccc(NC(=O)Nc2ccc(Nc3ccc(-n4nc(C)c(C)c4C)nn3)cc2)c1. The van der Waals surface area contributed by atoms with Gasteiger partial charge in [-0.3, -0.25) is 0 Å². The van der Waals surface area contributed by atoms with Gasteiger partial charge in [0, 0.05) is 22.8 Å². The van der Waals surface area contributed by atoms with Gasteiger partial charge in [0.05, 0.1) is 5.69 Å². The van der Waals surface area contributed by atoms with Gasteiger partial charge in [-0.05, 0) is 87.4 Å². The molecule has 4 aromatic rings. The summed E-state index contributed by atoms with van der Waals surface area (Å²) < 4.78 is 1.80. The van der Waals surface area contributed by atoms with Crippen molar-refractivity contribution in [2.45, 2.75) is 27.7 Å². The Morgan fingerprint density at radius 1 is 0.812 bits per heavy atom. The van der Waals surface area contributed by atoms with Gasteiger partial charge in [0.25, 0.3) is 0 Å². The molecule has 0 unspecified atom stereocenters. The number of hydrogen-bond donors (Lipinski definition) is 3. The van der Waals surface area contributed by atoms with Crippen LogP contribution in [0.15, 0.2) is 60.7 Å². The molecule has 2 aromatic carbocycles. The Hall–Kier alpha value is -4.20. The predicted octanol–water partition coefficient (Wildman–Crippen LogP) is 5.28. The van der Waals surface area contributed by atoms with Crippen LogP contribution in [0, 0.1) is 27.7 Å². The van der Waals surface area contributed by atoms with Crippen LogP contribution in [-0.2, 0) is 0 Å². The normalized spacial score (nSPS) is 10.6. The van der Waals surface area contributed by atoms with Gasteiger partial charge >= 0.3 is 6.03 Å². The summed E-state index contributed by atoms with van der Waals surface area (Å²) in [6.45, 7) is 8.02. The van der Waals surface area contributed by atoms with Crippen LogP contribution in [0.3, 0.4) is 0 Å². The van der Waals surface area contributed by atoms with E-state index < -0.39 is 0 Å². The van der Waals surface area contributed by atoms with Crippen LogP contribution in [-0.4, -0.2) is 26.0 Å². The molecule has 0 aliphatic carbocycles. The standard InChI is InChI=1S/C24H25N7O/c1-15-6-5-7-21(14-15)27-24(32)26-20-10-8-19(9-11-20)25-22-12-13-23(29-28-22)31-18(4)16(2)17(3)30-31/h5-14H,1-4H3,(H,25,28)(H2,26,27,32). The van der Waals surface area contributed by atoms with E-state index in [0.717, 1.165) is 33.9 Å². The Bertz CT molecular complexity index is 1240. The third-order valence-electron chi connectivity index (χ3n) is 5.21. The van der Waals surface area contributed by atoms with Gasteiger partial charge in [-0.15, -0.1) is 10.2 Å². The summed E-state index contributed by atoms with van der Waals surface area (Å²) in [5.41, 5.74) is 6.52. The van der Waals surface area contributed by atoms with Crippen molar-refractivity contribution in [1.29, 1.82) is 0 Å². The van der Waals surface area contributed by atoms with E-state index in [9.17, 15) is 4.79 Å². The molecule has 0 aliphatic rings. The van der Waals surface area contributed by atoms with Crippen LogP contribution in [0.2, 0.25) is 0 Å². The van der Waals surface area contributed by atoms with Gasteiger partial charge in [0.2, 0.25) is 0 Å². The van der Waals surface area contributed by atoms with Gasteiger partial charge in [-0.25, -0.2) is 9.48 Å². The van der Waals surface area contributed by atoms with Gasteiger partial charge in [-0.1, -0.05) is 12.1 Å². The number of urea groups is 1. The zero-order valence-corrected chi connectivity index (χ0v) is 18.5. The molecule has 0 atom stereocenters. The Balaban J connectivity index is 1.37. The number of carbonyl (C=O) groups is 1. The number of carbonyl (C=O) groups excluding carboxylic acids is 1. The number of nitrogens with zero attached hydrogens (tertiary/aromatic N) is 4. The molecule has 0 spiro atoms. The molecule has 2 aromatic heterocycles. The Morgan fingerprint density at radius 3 is 2.16 bits per heavy atom. The molecule has 2 heterocycles. The third-order valence-corrected chi connectivity index (χ3v) is 5.21. The van der Waals surface area contributed by atoms with Crippen molar-refractivity contribution in [3.8, 4) is 5.82 Å². The lowest BCUT2D eigenvalue weighted by Gasteiger charge is -2.10. The second-order valence-corrected chi connectivity index (χ2v) is 7.64. The average Bonchev–Trinajstić information content (AvgIpc) is 3.03. The van der Waals surface area contributed by atoms with Gasteiger partial charge in [-0.2, -0.15) is 5.10 Å². The monoisotopic (exact) mass is 427 g/mol. The van der Waals surface area contributed by atoms with E-state index in [2.05, 4.69) is 31.2 Å². The fraction of sp³-hybridized carbons (Fsp3) is 0.167. The first kappa shape index (κ1) is 21.0. The Morgan fingerprint density at radius 2 is 1.53 bits per heavy atom. The molecular weight excluding hydrogens is 402 g/mol. The summed E-state index contributed by atoms with van der Waals surface area (Å²) in [5.74, 6) is 1.29. The van der Waals surface area contributed by atoms with E-state index in [1.165, 1.54) is 0 Å². The fourth-order valence-electron chi connectivity index (χ4n) is 3.25. The van der Waals surface area contributed by atoms with Crippen molar-refractivity contribution in [2.75, 3.05) is 16.0 Å². The van der Waals surface area contributed by atoms with Crippen molar-refractivity contribution in [3.63, 3.8) is 0 Å². The van der Waals surface area contributed by atoms with Gasteiger partial charge in [0.15, 0.2) is 11.6 Å². The van der Waals surface area contributed by atoms with Gasteiger partial charge in [0.1, 0.15) is 0 Å². The summed E-state index contributed by atoms with van der Waals surface area (Å²) >= 11 is 0. The highest BCUT2D eigenvalue weighted by molar-refractivity contribution is 5.99. The van der Waals surface area contributed by atoms with E-state index in [-0.39, 0.29) is 6.03 Å². The van der Waals surface area contributed by atoms with Crippen LogP contribution in [0.1, 0.15) is 22.5 Å². The Kier molecular flexibility index (Phi) is 5.85. The summed E-state index contributed by atoms with van der Waals surface area (Å²) in [4.78, 5) is 12.2. The molecule has 0 bridgehead atoms. The molecule has 32 heavy (non-hydrogen) atoms. The summed E-state index contributed by atoms with van der Waals surface area (Å²) in [7, 11) is 0. The number of rotatable bonds is 5. The lowest BCUT2D eigenvalue weighted by Crippen LogP contribution is -2.19. The molecule has 8 heteroatoms. The molecule has 162 valence electrons. The lowest BCUT2D eigenvalue weighted by molar-refractivity contribution is 0.262.